The van der Waals surface area contributed by atoms with Crippen molar-refractivity contribution in [1.82, 2.24) is 24.5 Å². The summed E-state index contributed by atoms with van der Waals surface area (Å²) < 4.78 is 30.7. The molecule has 1 saturated carbocycles. The molecule has 0 N–H and O–H groups in total. The molecule has 1 atom stereocenters. The maximum atomic E-state index is 14.3. The average molecular weight is 491 g/mol. The zero-order valence-corrected chi connectivity index (χ0v) is 20.2. The Labute approximate surface area is 207 Å². The second kappa shape index (κ2) is 9.11. The lowest BCUT2D eigenvalue weighted by molar-refractivity contribution is 0.0663. The number of piperazine rings is 1. The van der Waals surface area contributed by atoms with Crippen molar-refractivity contribution in [3.63, 3.8) is 0 Å². The van der Waals surface area contributed by atoms with E-state index in [1.165, 1.54) is 25.3 Å². The van der Waals surface area contributed by atoms with E-state index in [-0.39, 0.29) is 6.04 Å². The number of benzene rings is 2. The largest absolute Gasteiger partial charge is 0.338 e. The summed E-state index contributed by atoms with van der Waals surface area (Å²) in [6, 6.07) is 11.1. The van der Waals surface area contributed by atoms with Crippen molar-refractivity contribution in [2.45, 2.75) is 51.0 Å². The number of carbonyl (C=O) groups excluding carboxylic acids is 1. The van der Waals surface area contributed by atoms with Gasteiger partial charge in [0.05, 0.1) is 5.52 Å². The summed E-state index contributed by atoms with van der Waals surface area (Å²) in [6.45, 7) is 3.18. The van der Waals surface area contributed by atoms with Gasteiger partial charge in [0.15, 0.2) is 5.65 Å². The van der Waals surface area contributed by atoms with Crippen LogP contribution < -0.4 is 4.90 Å². The van der Waals surface area contributed by atoms with E-state index in [0.717, 1.165) is 53.3 Å². The highest BCUT2D eigenvalue weighted by molar-refractivity contribution is 5.95. The molecule has 2 aliphatic rings. The third-order valence-electron chi connectivity index (χ3n) is 7.57. The van der Waals surface area contributed by atoms with Crippen molar-refractivity contribution in [1.29, 1.82) is 0 Å². The van der Waals surface area contributed by atoms with E-state index in [4.69, 9.17) is 4.98 Å². The third-order valence-corrected chi connectivity index (χ3v) is 7.57. The van der Waals surface area contributed by atoms with Gasteiger partial charge in [-0.05, 0) is 44.0 Å². The molecule has 3 heterocycles. The molecule has 4 aromatic rings. The first-order valence-corrected chi connectivity index (χ1v) is 12.7. The molecule has 0 spiro atoms. The fourth-order valence-electron chi connectivity index (χ4n) is 5.71. The zero-order valence-electron chi connectivity index (χ0n) is 20.2. The second-order valence-electron chi connectivity index (χ2n) is 9.87. The summed E-state index contributed by atoms with van der Waals surface area (Å²) in [5, 5.41) is 10.2. The minimum Gasteiger partial charge on any atom is -0.338 e. The van der Waals surface area contributed by atoms with Crippen LogP contribution in [0, 0.1) is 11.6 Å². The maximum Gasteiger partial charge on any atom is 0.260 e. The minimum atomic E-state index is -0.839. The Kier molecular flexibility index (Phi) is 5.78. The summed E-state index contributed by atoms with van der Waals surface area (Å²) in [5.41, 5.74) is 1.13. The van der Waals surface area contributed by atoms with Gasteiger partial charge in [-0.15, -0.1) is 10.2 Å². The molecule has 0 radical (unpaired) electrons. The van der Waals surface area contributed by atoms with Gasteiger partial charge in [-0.25, -0.2) is 18.2 Å². The number of nitrogens with zero attached hydrogens (tertiary/aromatic N) is 6. The van der Waals surface area contributed by atoms with Gasteiger partial charge in [-0.1, -0.05) is 37.5 Å². The third kappa shape index (κ3) is 3.77. The number of anilines is 1. The van der Waals surface area contributed by atoms with Crippen LogP contribution in [0.2, 0.25) is 0 Å². The zero-order chi connectivity index (χ0) is 24.8. The van der Waals surface area contributed by atoms with E-state index in [0.29, 0.717) is 25.6 Å². The number of hydrogen-bond donors (Lipinski definition) is 0. The molecule has 2 aromatic carbocycles. The summed E-state index contributed by atoms with van der Waals surface area (Å²) >= 11 is 0. The smallest absolute Gasteiger partial charge is 0.260 e. The van der Waals surface area contributed by atoms with Crippen LogP contribution in [0.5, 0.6) is 0 Å². The van der Waals surface area contributed by atoms with Gasteiger partial charge in [0.1, 0.15) is 23.0 Å². The van der Waals surface area contributed by atoms with Crippen LogP contribution in [0.1, 0.15) is 61.1 Å². The Morgan fingerprint density at radius 1 is 0.944 bits per heavy atom. The van der Waals surface area contributed by atoms with Crippen molar-refractivity contribution >= 4 is 28.4 Å². The fraction of sp³-hybridized carbons (Fsp3) is 0.407. The van der Waals surface area contributed by atoms with E-state index in [2.05, 4.69) is 19.5 Å². The van der Waals surface area contributed by atoms with Gasteiger partial charge in [-0.2, -0.15) is 0 Å². The highest BCUT2D eigenvalue weighted by Crippen LogP contribution is 2.35. The summed E-state index contributed by atoms with van der Waals surface area (Å²) in [7, 11) is 0. The SMILES string of the molecule is CC1CN(c2nc3ccccc3c3nnc(C4CCCCC4)n23)CCN1C(=O)c1c(F)cccc1F. The van der Waals surface area contributed by atoms with Gasteiger partial charge >= 0.3 is 0 Å². The van der Waals surface area contributed by atoms with E-state index in [1.807, 2.05) is 31.2 Å². The Morgan fingerprint density at radius 3 is 2.44 bits per heavy atom. The Bertz CT molecular complexity index is 1430. The molecule has 0 bridgehead atoms. The lowest BCUT2D eigenvalue weighted by Crippen LogP contribution is -2.55. The summed E-state index contributed by atoms with van der Waals surface area (Å²) in [4.78, 5) is 21.8. The van der Waals surface area contributed by atoms with Gasteiger partial charge in [0.25, 0.3) is 5.91 Å². The quantitative estimate of drug-likeness (QED) is 0.406. The minimum absolute atomic E-state index is 0.275. The molecular formula is C27H28F2N6O. The molecule has 9 heteroatoms. The number of para-hydroxylation sites is 1. The van der Waals surface area contributed by atoms with Gasteiger partial charge in [0.2, 0.25) is 5.95 Å². The molecule has 7 nitrogen and oxygen atoms in total. The van der Waals surface area contributed by atoms with Crippen LogP contribution in [-0.2, 0) is 0 Å². The van der Waals surface area contributed by atoms with E-state index in [9.17, 15) is 13.6 Å². The number of aromatic nitrogens is 4. The van der Waals surface area contributed by atoms with Crippen LogP contribution >= 0.6 is 0 Å². The predicted molar refractivity (Wildman–Crippen MR) is 133 cm³/mol. The van der Waals surface area contributed by atoms with Crippen molar-refractivity contribution < 1.29 is 13.6 Å². The number of carbonyl (C=O) groups is 1. The normalized spacial score (nSPS) is 19.4. The number of halogens is 2. The van der Waals surface area contributed by atoms with Gasteiger partial charge < -0.3 is 9.80 Å². The first kappa shape index (κ1) is 22.8. The van der Waals surface area contributed by atoms with Crippen LogP contribution in [0.3, 0.4) is 0 Å². The fourth-order valence-corrected chi connectivity index (χ4v) is 5.71. The van der Waals surface area contributed by atoms with E-state index < -0.39 is 23.1 Å². The summed E-state index contributed by atoms with van der Waals surface area (Å²) in [6.07, 6.45) is 5.78. The Morgan fingerprint density at radius 2 is 1.69 bits per heavy atom. The van der Waals surface area contributed by atoms with Crippen LogP contribution in [-0.4, -0.2) is 56.1 Å². The van der Waals surface area contributed by atoms with Crippen LogP contribution in [0.15, 0.2) is 42.5 Å². The molecule has 1 amide bonds. The topological polar surface area (TPSA) is 66.6 Å². The molecule has 1 aliphatic carbocycles. The molecule has 1 unspecified atom stereocenters. The number of amides is 1. The van der Waals surface area contributed by atoms with Crippen LogP contribution in [0.25, 0.3) is 16.6 Å². The van der Waals surface area contributed by atoms with E-state index in [1.54, 1.807) is 4.90 Å². The van der Waals surface area contributed by atoms with Crippen molar-refractivity contribution in [3.05, 3.63) is 65.5 Å². The molecular weight excluding hydrogens is 462 g/mol. The van der Waals surface area contributed by atoms with Crippen LogP contribution in [0.4, 0.5) is 14.7 Å². The monoisotopic (exact) mass is 490 g/mol. The molecule has 2 aromatic heterocycles. The number of fused-ring (bicyclic) bond motifs is 3. The molecule has 36 heavy (non-hydrogen) atoms. The average Bonchev–Trinajstić information content (AvgIpc) is 3.34. The summed E-state index contributed by atoms with van der Waals surface area (Å²) in [5.74, 6) is -0.271. The lowest BCUT2D eigenvalue weighted by Gasteiger charge is -2.40. The Balaban J connectivity index is 1.37. The standard InChI is InChI=1S/C27H28F2N6O/c1-17-16-33(14-15-34(17)26(36)23-20(28)11-7-12-21(23)29)27-30-22-13-6-5-10-19(22)25-32-31-24(35(25)27)18-8-3-2-4-9-18/h5-7,10-13,17-18H,2-4,8-9,14-16H2,1H3. The van der Waals surface area contributed by atoms with E-state index >= 15 is 0 Å². The Hall–Kier alpha value is -3.62. The molecule has 186 valence electrons. The second-order valence-corrected chi connectivity index (χ2v) is 9.87. The molecule has 6 rings (SSSR count). The number of rotatable bonds is 3. The van der Waals surface area contributed by atoms with Gasteiger partial charge in [-0.3, -0.25) is 4.79 Å². The molecule has 2 fully saturated rings. The first-order valence-electron chi connectivity index (χ1n) is 12.7. The highest BCUT2D eigenvalue weighted by Gasteiger charge is 2.33. The van der Waals surface area contributed by atoms with Crippen molar-refractivity contribution in [2.24, 2.45) is 0 Å². The van der Waals surface area contributed by atoms with Crippen molar-refractivity contribution in [3.8, 4) is 0 Å². The predicted octanol–water partition coefficient (Wildman–Crippen LogP) is 4.95. The maximum absolute atomic E-state index is 14.3. The van der Waals surface area contributed by atoms with Gasteiger partial charge in [0, 0.05) is 37.0 Å². The van der Waals surface area contributed by atoms with Crippen molar-refractivity contribution in [2.75, 3.05) is 24.5 Å². The first-order chi connectivity index (χ1) is 17.5. The lowest BCUT2D eigenvalue weighted by atomic mass is 9.89. The molecule has 1 aliphatic heterocycles. The highest BCUT2D eigenvalue weighted by atomic mass is 19.1. The molecule has 1 saturated heterocycles. The number of hydrogen-bond acceptors (Lipinski definition) is 5.